The van der Waals surface area contributed by atoms with Gasteiger partial charge in [-0.2, -0.15) is 0 Å². The molecular weight excluding hydrogens is 658 g/mol. The lowest BCUT2D eigenvalue weighted by Crippen LogP contribution is -2.50. The monoisotopic (exact) mass is 715 g/mol. The van der Waals surface area contributed by atoms with E-state index in [0.717, 1.165) is 49.7 Å². The molecule has 0 radical (unpaired) electrons. The average molecular weight is 716 g/mol. The first-order chi connectivity index (χ1) is 25.1. The standard InChI is InChI=1S/C37H49N7O5.C3H8/c1-24(2)33(43-36(48)28-15-16-28)37(49)39-19-4-3-7-31(45)38-20-18-26-10-8-25(9-11-26)12-17-29-22-40-34(42-29)30-6-5-21-44(30)32(46)23-41-35(47)27-13-14-27;1-3-2/h8-11,22,24,27-28,30,33H,3-7,13-16,18-21,23H2,1-2H3,(H,38,45)(H,39,49)(H,40,42)(H,41,47)(H,43,48);3H2,1-2H3. The van der Waals surface area contributed by atoms with Crippen molar-refractivity contribution >= 4 is 29.5 Å². The average Bonchev–Trinajstić information content (AvgIpc) is 4.06. The van der Waals surface area contributed by atoms with Gasteiger partial charge in [0.1, 0.15) is 17.6 Å². The first-order valence-electron chi connectivity index (χ1n) is 19.2. The lowest BCUT2D eigenvalue weighted by atomic mass is 10.0. The van der Waals surface area contributed by atoms with Crippen LogP contribution >= 0.6 is 0 Å². The highest BCUT2D eigenvalue weighted by Crippen LogP contribution is 2.31. The Balaban J connectivity index is 0.00000195. The van der Waals surface area contributed by atoms with Crippen molar-refractivity contribution < 1.29 is 24.0 Å². The number of amides is 5. The van der Waals surface area contributed by atoms with E-state index in [0.29, 0.717) is 56.8 Å². The molecule has 5 rings (SSSR count). The predicted molar refractivity (Wildman–Crippen MR) is 199 cm³/mol. The lowest BCUT2D eigenvalue weighted by Gasteiger charge is -2.23. The quantitative estimate of drug-likeness (QED) is 0.131. The van der Waals surface area contributed by atoms with E-state index < -0.39 is 6.04 Å². The maximum absolute atomic E-state index is 12.8. The molecule has 2 unspecified atom stereocenters. The fourth-order valence-corrected chi connectivity index (χ4v) is 5.89. The molecule has 3 aliphatic rings. The van der Waals surface area contributed by atoms with Crippen LogP contribution in [0.25, 0.3) is 0 Å². The van der Waals surface area contributed by atoms with Crippen LogP contribution in [0.3, 0.4) is 0 Å². The van der Waals surface area contributed by atoms with E-state index in [4.69, 9.17) is 0 Å². The van der Waals surface area contributed by atoms with Gasteiger partial charge in [0.05, 0.1) is 18.8 Å². The van der Waals surface area contributed by atoms with Crippen LogP contribution in [0.1, 0.15) is 121 Å². The van der Waals surface area contributed by atoms with Crippen LogP contribution < -0.4 is 21.3 Å². The Kier molecular flexibility index (Phi) is 15.7. The van der Waals surface area contributed by atoms with Gasteiger partial charge in [0, 0.05) is 43.5 Å². The molecule has 5 N–H and O–H groups in total. The number of likely N-dealkylation sites (tertiary alicyclic amines) is 1. The number of imidazole rings is 1. The van der Waals surface area contributed by atoms with Crippen LogP contribution in [0.15, 0.2) is 30.5 Å². The summed E-state index contributed by atoms with van der Waals surface area (Å²) in [4.78, 5) is 71.2. The number of aromatic nitrogens is 2. The number of H-pyrrole nitrogens is 1. The first kappa shape index (κ1) is 40.1. The minimum absolute atomic E-state index is 0.00165. The van der Waals surface area contributed by atoms with Gasteiger partial charge < -0.3 is 31.2 Å². The first-order valence-corrected chi connectivity index (χ1v) is 19.2. The number of hydrogen-bond acceptors (Lipinski definition) is 6. The van der Waals surface area contributed by atoms with Crippen molar-refractivity contribution in [3.63, 3.8) is 0 Å². The van der Waals surface area contributed by atoms with E-state index >= 15 is 0 Å². The molecule has 0 spiro atoms. The maximum Gasteiger partial charge on any atom is 0.242 e. The van der Waals surface area contributed by atoms with E-state index in [9.17, 15) is 24.0 Å². The van der Waals surface area contributed by atoms with E-state index in [1.54, 1.807) is 11.1 Å². The number of nitrogens with zero attached hydrogens (tertiary/aromatic N) is 2. The summed E-state index contributed by atoms with van der Waals surface area (Å²) in [5.74, 6) is 6.77. The molecule has 2 atom stereocenters. The zero-order chi connectivity index (χ0) is 37.5. The molecule has 52 heavy (non-hydrogen) atoms. The van der Waals surface area contributed by atoms with Crippen LogP contribution in [0.5, 0.6) is 0 Å². The molecule has 2 aromatic rings. The van der Waals surface area contributed by atoms with Gasteiger partial charge in [0.2, 0.25) is 29.5 Å². The summed E-state index contributed by atoms with van der Waals surface area (Å²) in [6, 6.07) is 7.21. The largest absolute Gasteiger partial charge is 0.356 e. The SMILES string of the molecule is CC(C)C(NC(=O)C1CC1)C(=O)NCCCCC(=O)NCCc1ccc(C#Cc2cnc(C3CCCN3C(=O)CNC(=O)C3CC3)[nH]2)cc1.CCC. The molecule has 282 valence electrons. The minimum Gasteiger partial charge on any atom is -0.356 e. The fourth-order valence-electron chi connectivity index (χ4n) is 5.89. The Morgan fingerprint density at radius 1 is 0.885 bits per heavy atom. The van der Waals surface area contributed by atoms with Gasteiger partial charge in [-0.1, -0.05) is 52.2 Å². The summed E-state index contributed by atoms with van der Waals surface area (Å²) in [6.07, 6.45) is 10.7. The normalized spacial score (nSPS) is 16.9. The molecule has 5 amide bonds. The highest BCUT2D eigenvalue weighted by atomic mass is 16.2. The molecule has 12 nitrogen and oxygen atoms in total. The molecule has 1 aromatic heterocycles. The number of carbonyl (C=O) groups excluding carboxylic acids is 5. The summed E-state index contributed by atoms with van der Waals surface area (Å²) in [5.41, 5.74) is 2.61. The second-order valence-electron chi connectivity index (χ2n) is 14.4. The van der Waals surface area contributed by atoms with Crippen molar-refractivity contribution in [1.82, 2.24) is 36.1 Å². The number of rotatable bonds is 16. The van der Waals surface area contributed by atoms with Gasteiger partial charge >= 0.3 is 0 Å². The molecule has 3 fully saturated rings. The van der Waals surface area contributed by atoms with Gasteiger partial charge in [-0.05, 0) is 87.3 Å². The van der Waals surface area contributed by atoms with Crippen molar-refractivity contribution in [3.05, 3.63) is 53.1 Å². The third-order valence-electron chi connectivity index (χ3n) is 9.20. The Hall–Kier alpha value is -4.66. The van der Waals surface area contributed by atoms with Gasteiger partial charge in [-0.25, -0.2) is 4.98 Å². The molecule has 0 bridgehead atoms. The summed E-state index contributed by atoms with van der Waals surface area (Å²) in [5, 5.41) is 11.5. The van der Waals surface area contributed by atoms with Crippen molar-refractivity contribution in [1.29, 1.82) is 0 Å². The Labute approximate surface area is 308 Å². The van der Waals surface area contributed by atoms with Crippen LogP contribution in [0.4, 0.5) is 0 Å². The highest BCUT2D eigenvalue weighted by Gasteiger charge is 2.35. The number of nitrogens with one attached hydrogen (secondary N) is 5. The van der Waals surface area contributed by atoms with Crippen molar-refractivity contribution in [2.24, 2.45) is 17.8 Å². The maximum atomic E-state index is 12.8. The van der Waals surface area contributed by atoms with Crippen molar-refractivity contribution in [2.45, 2.75) is 110 Å². The molecule has 12 heteroatoms. The van der Waals surface area contributed by atoms with E-state index in [2.05, 4.69) is 56.9 Å². The number of aromatic amines is 1. The van der Waals surface area contributed by atoms with E-state index in [1.165, 1.54) is 6.42 Å². The molecule has 2 heterocycles. The van der Waals surface area contributed by atoms with Crippen molar-refractivity contribution in [2.75, 3.05) is 26.2 Å². The van der Waals surface area contributed by atoms with Crippen LogP contribution in [-0.2, 0) is 30.4 Å². The van der Waals surface area contributed by atoms with Crippen LogP contribution in [-0.4, -0.2) is 76.6 Å². The molecular formula is C40H57N7O5. The van der Waals surface area contributed by atoms with Crippen LogP contribution in [0, 0.1) is 29.6 Å². The van der Waals surface area contributed by atoms with Gasteiger partial charge in [0.15, 0.2) is 0 Å². The topological polar surface area (TPSA) is 165 Å². The number of benzene rings is 1. The summed E-state index contributed by atoms with van der Waals surface area (Å²) < 4.78 is 0. The van der Waals surface area contributed by atoms with Gasteiger partial charge in [-0.3, -0.25) is 24.0 Å². The molecule has 2 saturated carbocycles. The molecule has 1 aliphatic heterocycles. The van der Waals surface area contributed by atoms with E-state index in [1.807, 2.05) is 38.1 Å². The van der Waals surface area contributed by atoms with Gasteiger partial charge in [0.25, 0.3) is 0 Å². The zero-order valence-corrected chi connectivity index (χ0v) is 31.3. The fraction of sp³-hybridized carbons (Fsp3) is 0.600. The zero-order valence-electron chi connectivity index (χ0n) is 31.3. The van der Waals surface area contributed by atoms with Crippen molar-refractivity contribution in [3.8, 4) is 11.8 Å². The number of carbonyl (C=O) groups is 5. The summed E-state index contributed by atoms with van der Waals surface area (Å²) in [6.45, 7) is 9.75. The third-order valence-corrected chi connectivity index (χ3v) is 9.20. The van der Waals surface area contributed by atoms with E-state index in [-0.39, 0.29) is 59.9 Å². The number of unbranched alkanes of at least 4 members (excludes halogenated alkanes) is 1. The third kappa shape index (κ3) is 13.1. The second-order valence-corrected chi connectivity index (χ2v) is 14.4. The predicted octanol–water partition coefficient (Wildman–Crippen LogP) is 3.91. The van der Waals surface area contributed by atoms with Gasteiger partial charge in [-0.15, -0.1) is 0 Å². The smallest absolute Gasteiger partial charge is 0.242 e. The lowest BCUT2D eigenvalue weighted by molar-refractivity contribution is -0.134. The Bertz CT molecular complexity index is 1570. The summed E-state index contributed by atoms with van der Waals surface area (Å²) >= 11 is 0. The summed E-state index contributed by atoms with van der Waals surface area (Å²) in [7, 11) is 0. The number of hydrogen-bond donors (Lipinski definition) is 5. The highest BCUT2D eigenvalue weighted by molar-refractivity contribution is 5.89. The molecule has 1 aromatic carbocycles. The Morgan fingerprint density at radius 2 is 1.58 bits per heavy atom. The molecule has 2 aliphatic carbocycles. The minimum atomic E-state index is -0.533. The Morgan fingerprint density at radius 3 is 2.25 bits per heavy atom. The van der Waals surface area contributed by atoms with Crippen LogP contribution in [0.2, 0.25) is 0 Å². The molecule has 1 saturated heterocycles. The second kappa shape index (κ2) is 20.4.